The molecule has 236 valence electrons. The number of hydrogen-bond acceptors (Lipinski definition) is 12. The van der Waals surface area contributed by atoms with E-state index < -0.39 is 48.0 Å². The fraction of sp³-hybridized carbons (Fsp3) is 0.200. The van der Waals surface area contributed by atoms with Crippen LogP contribution in [0.25, 0.3) is 0 Å². The van der Waals surface area contributed by atoms with Gasteiger partial charge in [0.1, 0.15) is 0 Å². The van der Waals surface area contributed by atoms with Crippen LogP contribution in [0.15, 0.2) is 65.1 Å². The molecule has 0 saturated carbocycles. The van der Waals surface area contributed by atoms with Crippen molar-refractivity contribution in [3.63, 3.8) is 0 Å². The number of para-hydroxylation sites is 1. The van der Waals surface area contributed by atoms with Crippen molar-refractivity contribution in [1.82, 2.24) is 0 Å². The second kappa shape index (κ2) is 15.3. The van der Waals surface area contributed by atoms with Crippen molar-refractivity contribution in [1.29, 1.82) is 0 Å². The normalized spacial score (nSPS) is 11.7. The quantitative estimate of drug-likeness (QED) is 0.207. The topological polar surface area (TPSA) is 190 Å². The number of amides is 1. The molecule has 0 saturated heterocycles. The summed E-state index contributed by atoms with van der Waals surface area (Å²) in [5.74, 6) is -6.86. The van der Waals surface area contributed by atoms with Crippen molar-refractivity contribution in [2.24, 2.45) is 0 Å². The Morgan fingerprint density at radius 3 is 1.58 bits per heavy atom. The first-order valence-corrected chi connectivity index (χ1v) is 13.6. The van der Waals surface area contributed by atoms with E-state index in [-0.39, 0.29) is 39.8 Å². The predicted octanol–water partition coefficient (Wildman–Crippen LogP) is 3.79. The zero-order chi connectivity index (χ0) is 33.3. The van der Waals surface area contributed by atoms with Crippen molar-refractivity contribution >= 4 is 57.4 Å². The number of halogens is 1. The summed E-state index contributed by atoms with van der Waals surface area (Å²) in [4.78, 5) is 74.8. The molecule has 0 radical (unpaired) electrons. The first kappa shape index (κ1) is 34.1. The highest BCUT2D eigenvalue weighted by molar-refractivity contribution is 9.10. The van der Waals surface area contributed by atoms with Crippen LogP contribution in [0.3, 0.4) is 0 Å². The summed E-state index contributed by atoms with van der Waals surface area (Å²) in [6.45, 7) is 2.32. The largest absolute Gasteiger partial charge is 0.493 e. The minimum atomic E-state index is -2.36. The van der Waals surface area contributed by atoms with Gasteiger partial charge < -0.3 is 38.8 Å². The average Bonchev–Trinajstić information content (AvgIpc) is 2.99. The second-order valence-electron chi connectivity index (χ2n) is 8.88. The molecule has 0 spiro atoms. The zero-order valence-corrected chi connectivity index (χ0v) is 25.7. The van der Waals surface area contributed by atoms with E-state index in [0.717, 1.165) is 26.0 Å². The SMILES string of the molecule is COc1cc(C(=O)O[C@H](C(=O)Nc2ccccc2Br)[C@@H](OC(=O)c2ccc(OC(C)=O)c(OC)c2)C(=O)O)ccc1OC(C)=O. The summed E-state index contributed by atoms with van der Waals surface area (Å²) in [5, 5.41) is 12.5. The molecule has 3 aromatic carbocycles. The number of hydrogen-bond donors (Lipinski definition) is 2. The molecule has 0 aromatic heterocycles. The summed E-state index contributed by atoms with van der Waals surface area (Å²) in [6, 6.07) is 13.4. The molecule has 2 N–H and O–H groups in total. The molecule has 15 heteroatoms. The first-order chi connectivity index (χ1) is 21.3. The van der Waals surface area contributed by atoms with E-state index in [1.165, 1.54) is 44.6 Å². The van der Waals surface area contributed by atoms with Crippen molar-refractivity contribution < 1.29 is 62.3 Å². The number of ether oxygens (including phenoxy) is 6. The molecule has 14 nitrogen and oxygen atoms in total. The third kappa shape index (κ3) is 9.03. The molecular formula is C30H26BrNO13. The van der Waals surface area contributed by atoms with Gasteiger partial charge in [-0.2, -0.15) is 0 Å². The second-order valence-corrected chi connectivity index (χ2v) is 9.73. The monoisotopic (exact) mass is 687 g/mol. The molecule has 0 aliphatic heterocycles. The van der Waals surface area contributed by atoms with Crippen LogP contribution in [0.5, 0.6) is 23.0 Å². The molecule has 0 bridgehead atoms. The molecular weight excluding hydrogens is 662 g/mol. The molecule has 0 aliphatic rings. The van der Waals surface area contributed by atoms with Gasteiger partial charge >= 0.3 is 29.8 Å². The average molecular weight is 688 g/mol. The van der Waals surface area contributed by atoms with Crippen molar-refractivity contribution in [3.8, 4) is 23.0 Å². The Hall–Kier alpha value is -5.44. The van der Waals surface area contributed by atoms with Gasteiger partial charge in [0.15, 0.2) is 23.0 Å². The van der Waals surface area contributed by atoms with E-state index in [1.807, 2.05) is 0 Å². The lowest BCUT2D eigenvalue weighted by molar-refractivity contribution is -0.157. The number of esters is 4. The van der Waals surface area contributed by atoms with Gasteiger partial charge in [-0.05, 0) is 64.5 Å². The highest BCUT2D eigenvalue weighted by atomic mass is 79.9. The van der Waals surface area contributed by atoms with E-state index in [9.17, 15) is 33.9 Å². The highest BCUT2D eigenvalue weighted by Gasteiger charge is 2.41. The van der Waals surface area contributed by atoms with Gasteiger partial charge in [0, 0.05) is 18.3 Å². The number of carbonyl (C=O) groups excluding carboxylic acids is 5. The summed E-state index contributed by atoms with van der Waals surface area (Å²) >= 11 is 3.25. The van der Waals surface area contributed by atoms with Crippen molar-refractivity contribution in [3.05, 3.63) is 76.3 Å². The van der Waals surface area contributed by atoms with Crippen molar-refractivity contribution in [2.75, 3.05) is 19.5 Å². The number of carboxylic acids is 1. The molecule has 0 aliphatic carbocycles. The molecule has 2 atom stereocenters. The van der Waals surface area contributed by atoms with Gasteiger partial charge in [-0.15, -0.1) is 0 Å². The standard InChI is InChI=1S/C30H26BrNO13/c1-15(33)42-21-11-9-17(13-23(21)40-3)29(38)44-25(27(35)32-20-8-6-5-7-19(20)31)26(28(36)37)45-30(39)18-10-12-22(43-16(2)34)24(14-18)41-4/h5-14,25-26H,1-4H3,(H,32,35)(H,36,37)/t25-,26+/m0/s1. The molecule has 3 aromatic rings. The number of carbonyl (C=O) groups is 6. The Labute approximate surface area is 264 Å². The first-order valence-electron chi connectivity index (χ1n) is 12.8. The van der Waals surface area contributed by atoms with Crippen molar-refractivity contribution in [2.45, 2.75) is 26.1 Å². The van der Waals surface area contributed by atoms with Crippen LogP contribution in [-0.2, 0) is 28.7 Å². The van der Waals surface area contributed by atoms with E-state index in [0.29, 0.717) is 4.47 Å². The zero-order valence-electron chi connectivity index (χ0n) is 24.2. The Kier molecular flexibility index (Phi) is 11.6. The van der Waals surface area contributed by atoms with E-state index >= 15 is 0 Å². The fourth-order valence-electron chi connectivity index (χ4n) is 3.70. The molecule has 0 fully saturated rings. The minimum Gasteiger partial charge on any atom is -0.493 e. The smallest absolute Gasteiger partial charge is 0.349 e. The number of rotatable bonds is 12. The Morgan fingerprint density at radius 1 is 0.689 bits per heavy atom. The highest BCUT2D eigenvalue weighted by Crippen LogP contribution is 2.31. The Bertz CT molecular complexity index is 1640. The van der Waals surface area contributed by atoms with Crippen LogP contribution >= 0.6 is 15.9 Å². The van der Waals surface area contributed by atoms with Crippen LogP contribution in [0, 0.1) is 0 Å². The lowest BCUT2D eigenvalue weighted by Crippen LogP contribution is -2.48. The van der Waals surface area contributed by atoms with E-state index in [4.69, 9.17) is 28.4 Å². The maximum Gasteiger partial charge on any atom is 0.349 e. The number of carboxylic acid groups (broad SMARTS) is 1. The number of methoxy groups -OCH3 is 2. The van der Waals surface area contributed by atoms with Crippen LogP contribution < -0.4 is 24.3 Å². The predicted molar refractivity (Wildman–Crippen MR) is 157 cm³/mol. The molecule has 45 heavy (non-hydrogen) atoms. The van der Waals surface area contributed by atoms with Gasteiger partial charge in [-0.25, -0.2) is 14.4 Å². The van der Waals surface area contributed by atoms with Crippen LogP contribution in [0.1, 0.15) is 34.6 Å². The molecule has 0 unspecified atom stereocenters. The maximum absolute atomic E-state index is 13.4. The fourth-order valence-corrected chi connectivity index (χ4v) is 4.08. The summed E-state index contributed by atoms with van der Waals surface area (Å²) in [5.41, 5.74) is -0.268. The third-order valence-electron chi connectivity index (χ3n) is 5.68. The number of aliphatic carboxylic acids is 1. The van der Waals surface area contributed by atoms with E-state index in [2.05, 4.69) is 21.2 Å². The van der Waals surface area contributed by atoms with Gasteiger partial charge in [0.05, 0.1) is 31.0 Å². The summed E-state index contributed by atoms with van der Waals surface area (Å²) in [6.07, 6.45) is -4.59. The number of benzene rings is 3. The molecule has 1 amide bonds. The maximum atomic E-state index is 13.4. The van der Waals surface area contributed by atoms with Gasteiger partial charge in [-0.3, -0.25) is 14.4 Å². The lowest BCUT2D eigenvalue weighted by Gasteiger charge is -2.24. The number of nitrogens with one attached hydrogen (secondary N) is 1. The van der Waals surface area contributed by atoms with Gasteiger partial charge in [0.2, 0.25) is 12.2 Å². The third-order valence-corrected chi connectivity index (χ3v) is 6.37. The number of anilines is 1. The van der Waals surface area contributed by atoms with E-state index in [1.54, 1.807) is 18.2 Å². The summed E-state index contributed by atoms with van der Waals surface area (Å²) in [7, 11) is 2.49. The molecule has 0 heterocycles. The Morgan fingerprint density at radius 2 is 1.16 bits per heavy atom. The van der Waals surface area contributed by atoms with Gasteiger partial charge in [-0.1, -0.05) is 12.1 Å². The van der Waals surface area contributed by atoms with Crippen LogP contribution in [0.2, 0.25) is 0 Å². The van der Waals surface area contributed by atoms with Crippen LogP contribution in [-0.4, -0.2) is 67.3 Å². The molecule has 3 rings (SSSR count). The Balaban J connectivity index is 1.98. The lowest BCUT2D eigenvalue weighted by atomic mass is 10.1. The summed E-state index contributed by atoms with van der Waals surface area (Å²) < 4.78 is 31.2. The minimum absolute atomic E-state index is 0.0164. The van der Waals surface area contributed by atoms with Crippen LogP contribution in [0.4, 0.5) is 5.69 Å². The van der Waals surface area contributed by atoms with Gasteiger partial charge in [0.25, 0.3) is 5.91 Å².